The van der Waals surface area contributed by atoms with Crippen LogP contribution in [0.3, 0.4) is 0 Å². The predicted molar refractivity (Wildman–Crippen MR) is 215 cm³/mol. The molecule has 7 aromatic rings. The Morgan fingerprint density at radius 3 is 2.14 bits per heavy atom. The summed E-state index contributed by atoms with van der Waals surface area (Å²) in [4.78, 5) is 16.4. The standard InChI is InChI=1S/C35H26NS.C11H20O2.Ir/c1-21(2)31-20-26(19-25-14-13-24-11-7-8-12-28(24)32(25)31)33-35-30(17-18-36-33)29-16-15-27(22(3)34(29)37-35)23-9-5-4-6-10-23;1-10(2,3)8(12)7-9(13)11(4,5)6;/h4-18,20-21H,1-3H3;7,12H,1-6H3;/q-1;;/b;8-7-;. The molecule has 0 saturated carbocycles. The summed E-state index contributed by atoms with van der Waals surface area (Å²) in [5.74, 6) is 0.492. The summed E-state index contributed by atoms with van der Waals surface area (Å²) in [5.41, 5.74) is 6.56. The van der Waals surface area contributed by atoms with Crippen LogP contribution in [0.2, 0.25) is 0 Å². The molecule has 0 unspecified atom stereocenters. The van der Waals surface area contributed by atoms with Gasteiger partial charge in [-0.15, -0.1) is 40.5 Å². The van der Waals surface area contributed by atoms with Crippen molar-refractivity contribution in [2.45, 2.75) is 68.2 Å². The first-order valence-corrected chi connectivity index (χ1v) is 18.2. The Labute approximate surface area is 319 Å². The number of aliphatic hydroxyl groups is 1. The molecule has 3 nitrogen and oxygen atoms in total. The number of carbonyl (C=O) groups is 1. The Morgan fingerprint density at radius 1 is 0.804 bits per heavy atom. The number of fused-ring (bicyclic) bond motifs is 6. The van der Waals surface area contributed by atoms with Crippen molar-refractivity contribution < 1.29 is 30.0 Å². The number of benzene rings is 5. The zero-order chi connectivity index (χ0) is 36.0. The van der Waals surface area contributed by atoms with Gasteiger partial charge in [0.05, 0.1) is 0 Å². The van der Waals surface area contributed by atoms with Crippen molar-refractivity contribution in [3.8, 4) is 22.4 Å². The van der Waals surface area contributed by atoms with Gasteiger partial charge in [-0.1, -0.05) is 139 Å². The second kappa shape index (κ2) is 14.8. The molecule has 51 heavy (non-hydrogen) atoms. The number of nitrogens with zero attached hydrogens (tertiary/aromatic N) is 1. The van der Waals surface area contributed by atoms with Crippen LogP contribution in [0.25, 0.3) is 64.1 Å². The second-order valence-electron chi connectivity index (χ2n) is 15.5. The van der Waals surface area contributed by atoms with Gasteiger partial charge < -0.3 is 5.11 Å². The van der Waals surface area contributed by atoms with E-state index in [9.17, 15) is 9.90 Å². The summed E-state index contributed by atoms with van der Waals surface area (Å²) in [5, 5.41) is 17.2. The SMILES string of the molecule is CC(C)(C)C(=O)/C=C(\O)C(C)(C)C.Cc1c(-c2ccccc2)ccc2c1sc1c(-c3[c-]c4ccc5ccccc5c4c(C(C)C)c3)nccc12.[Ir]. The number of ketones is 1. The van der Waals surface area contributed by atoms with Crippen LogP contribution in [0.4, 0.5) is 0 Å². The Balaban J connectivity index is 0.000000310. The van der Waals surface area contributed by atoms with E-state index in [0.717, 1.165) is 16.6 Å². The van der Waals surface area contributed by atoms with E-state index >= 15 is 0 Å². The van der Waals surface area contributed by atoms with Crippen molar-refractivity contribution in [1.29, 1.82) is 0 Å². The molecule has 0 spiro atoms. The van der Waals surface area contributed by atoms with Gasteiger partial charge in [0.1, 0.15) is 5.76 Å². The van der Waals surface area contributed by atoms with Crippen LogP contribution in [-0.2, 0) is 24.9 Å². The molecule has 1 N–H and O–H groups in total. The predicted octanol–water partition coefficient (Wildman–Crippen LogP) is 13.4. The van der Waals surface area contributed by atoms with Crippen molar-refractivity contribution in [1.82, 2.24) is 4.98 Å². The zero-order valence-corrected chi connectivity index (χ0v) is 34.1. The molecule has 2 aromatic heterocycles. The molecule has 2 heterocycles. The summed E-state index contributed by atoms with van der Waals surface area (Å²) >= 11 is 1.86. The molecule has 0 aliphatic carbocycles. The van der Waals surface area contributed by atoms with Crippen LogP contribution in [-0.4, -0.2) is 15.9 Å². The summed E-state index contributed by atoms with van der Waals surface area (Å²) in [6, 6.07) is 36.6. The summed E-state index contributed by atoms with van der Waals surface area (Å²) < 4.78 is 2.57. The van der Waals surface area contributed by atoms with Crippen LogP contribution in [0.5, 0.6) is 0 Å². The Hall–Kier alpha value is -4.15. The molecule has 0 atom stereocenters. The number of aliphatic hydroxyl groups excluding tert-OH is 1. The smallest absolute Gasteiger partial charge is 0.164 e. The second-order valence-corrected chi connectivity index (χ2v) is 16.5. The van der Waals surface area contributed by atoms with Crippen LogP contribution in [0.15, 0.2) is 109 Å². The van der Waals surface area contributed by atoms with Gasteiger partial charge in [-0.25, -0.2) is 0 Å². The van der Waals surface area contributed by atoms with Crippen LogP contribution >= 0.6 is 11.3 Å². The van der Waals surface area contributed by atoms with Crippen LogP contribution in [0.1, 0.15) is 72.4 Å². The van der Waals surface area contributed by atoms with Crippen molar-refractivity contribution in [3.63, 3.8) is 0 Å². The maximum absolute atomic E-state index is 11.5. The number of allylic oxidation sites excluding steroid dienone is 2. The van der Waals surface area contributed by atoms with Crippen LogP contribution < -0.4 is 0 Å². The average Bonchev–Trinajstić information content (AvgIpc) is 3.47. The normalized spacial score (nSPS) is 12.3. The maximum atomic E-state index is 11.5. The Bertz CT molecular complexity index is 2410. The third-order valence-electron chi connectivity index (χ3n) is 9.33. The molecule has 0 aliphatic heterocycles. The summed E-state index contributed by atoms with van der Waals surface area (Å²) in [7, 11) is 0. The van der Waals surface area contributed by atoms with E-state index in [4.69, 9.17) is 4.98 Å². The number of thiophene rings is 1. The van der Waals surface area contributed by atoms with Gasteiger partial charge in [0.2, 0.25) is 0 Å². The number of aryl methyl sites for hydroxylation is 1. The van der Waals surface area contributed by atoms with Crippen LogP contribution in [0, 0.1) is 23.8 Å². The molecule has 0 saturated heterocycles. The van der Waals surface area contributed by atoms with Gasteiger partial charge in [-0.05, 0) is 51.8 Å². The first-order valence-electron chi connectivity index (χ1n) is 17.3. The van der Waals surface area contributed by atoms with E-state index in [1.807, 2.05) is 59.1 Å². The topological polar surface area (TPSA) is 50.2 Å². The molecular formula is C46H46IrNO2S-. The minimum Gasteiger partial charge on any atom is -0.512 e. The third-order valence-corrected chi connectivity index (χ3v) is 10.7. The molecule has 263 valence electrons. The first kappa shape index (κ1) is 38.1. The number of hydrogen-bond acceptors (Lipinski definition) is 4. The Kier molecular flexibility index (Phi) is 11.1. The fourth-order valence-electron chi connectivity index (χ4n) is 6.26. The number of carbonyl (C=O) groups excluding carboxylic acids is 1. The largest absolute Gasteiger partial charge is 0.512 e. The van der Waals surface area contributed by atoms with E-state index in [1.165, 1.54) is 64.7 Å². The molecule has 5 heteroatoms. The number of rotatable bonds is 4. The van der Waals surface area contributed by atoms with Gasteiger partial charge in [0, 0.05) is 63.7 Å². The zero-order valence-electron chi connectivity index (χ0n) is 30.9. The number of pyridine rings is 1. The fraction of sp³-hybridized carbons (Fsp3) is 0.261. The molecule has 0 fully saturated rings. The maximum Gasteiger partial charge on any atom is 0.164 e. The van der Waals surface area contributed by atoms with Crippen molar-refractivity contribution in [3.05, 3.63) is 126 Å². The number of hydrogen-bond donors (Lipinski definition) is 1. The van der Waals surface area contributed by atoms with E-state index in [2.05, 4.69) is 118 Å². The number of aromatic nitrogens is 1. The third kappa shape index (κ3) is 7.72. The van der Waals surface area contributed by atoms with Gasteiger partial charge in [0.15, 0.2) is 5.78 Å². The minimum absolute atomic E-state index is 0. The van der Waals surface area contributed by atoms with Crippen molar-refractivity contribution in [2.24, 2.45) is 10.8 Å². The molecule has 5 aromatic carbocycles. The average molecular weight is 869 g/mol. The van der Waals surface area contributed by atoms with Gasteiger partial charge in [-0.3, -0.25) is 9.78 Å². The molecular weight excluding hydrogens is 823 g/mol. The summed E-state index contributed by atoms with van der Waals surface area (Å²) in [6.45, 7) is 17.9. The van der Waals surface area contributed by atoms with E-state index in [1.54, 1.807) is 0 Å². The van der Waals surface area contributed by atoms with Crippen molar-refractivity contribution >= 4 is 58.8 Å². The first-order chi connectivity index (χ1) is 23.6. The van der Waals surface area contributed by atoms with Gasteiger partial charge in [0.25, 0.3) is 0 Å². The van der Waals surface area contributed by atoms with E-state index in [-0.39, 0.29) is 37.1 Å². The Morgan fingerprint density at radius 2 is 1.47 bits per heavy atom. The molecule has 0 amide bonds. The molecule has 0 aliphatic rings. The van der Waals surface area contributed by atoms with Gasteiger partial charge >= 0.3 is 0 Å². The monoisotopic (exact) mass is 869 g/mol. The summed E-state index contributed by atoms with van der Waals surface area (Å²) in [6.07, 6.45) is 3.29. The molecule has 7 rings (SSSR count). The quantitative estimate of drug-likeness (QED) is 0.0830. The van der Waals surface area contributed by atoms with Crippen molar-refractivity contribution in [2.75, 3.05) is 0 Å². The molecule has 1 radical (unpaired) electrons. The van der Waals surface area contributed by atoms with Gasteiger partial charge in [-0.2, -0.15) is 0 Å². The minimum atomic E-state index is -0.417. The van der Waals surface area contributed by atoms with E-state index in [0.29, 0.717) is 5.92 Å². The van der Waals surface area contributed by atoms with E-state index < -0.39 is 5.41 Å². The fourth-order valence-corrected chi connectivity index (χ4v) is 7.56. The molecule has 0 bridgehead atoms.